The summed E-state index contributed by atoms with van der Waals surface area (Å²) in [6.07, 6.45) is 0. The first-order chi connectivity index (χ1) is 9.51. The molecule has 0 radical (unpaired) electrons. The molecule has 0 saturated carbocycles. The molecule has 106 valence electrons. The van der Waals surface area contributed by atoms with Gasteiger partial charge in [-0.1, -0.05) is 5.16 Å². The van der Waals surface area contributed by atoms with Crippen molar-refractivity contribution >= 4 is 11.6 Å². The monoisotopic (exact) mass is 275 g/mol. The summed E-state index contributed by atoms with van der Waals surface area (Å²) in [6.45, 7) is 2.19. The molecule has 1 aromatic heterocycles. The number of carbonyl (C=O) groups excluding carboxylic acids is 1. The van der Waals surface area contributed by atoms with Crippen LogP contribution in [0.3, 0.4) is 0 Å². The van der Waals surface area contributed by atoms with Crippen molar-refractivity contribution in [3.63, 3.8) is 0 Å². The average Bonchev–Trinajstić information content (AvgIpc) is 2.83. The van der Waals surface area contributed by atoms with Gasteiger partial charge in [0.1, 0.15) is 17.2 Å². The summed E-state index contributed by atoms with van der Waals surface area (Å²) in [5.41, 5.74) is 7.45. The van der Waals surface area contributed by atoms with E-state index in [9.17, 15) is 4.79 Å². The van der Waals surface area contributed by atoms with Crippen molar-refractivity contribution in [3.8, 4) is 5.75 Å². The third kappa shape index (κ3) is 2.90. The lowest BCUT2D eigenvalue weighted by molar-refractivity contribution is 0.0782. The van der Waals surface area contributed by atoms with Crippen LogP contribution in [0, 0.1) is 6.92 Å². The zero-order valence-corrected chi connectivity index (χ0v) is 11.7. The molecule has 0 aliphatic heterocycles. The number of aryl methyl sites for hydroxylation is 1. The number of methoxy groups -OCH3 is 1. The summed E-state index contributed by atoms with van der Waals surface area (Å²) in [5, 5.41) is 3.86. The molecule has 0 aliphatic carbocycles. The minimum Gasteiger partial charge on any atom is -0.495 e. The highest BCUT2D eigenvalue weighted by molar-refractivity contribution is 5.95. The topological polar surface area (TPSA) is 81.6 Å². The molecule has 0 bridgehead atoms. The van der Waals surface area contributed by atoms with Gasteiger partial charge in [0.15, 0.2) is 0 Å². The van der Waals surface area contributed by atoms with E-state index >= 15 is 0 Å². The van der Waals surface area contributed by atoms with Crippen molar-refractivity contribution in [2.24, 2.45) is 0 Å². The van der Waals surface area contributed by atoms with Gasteiger partial charge in [-0.3, -0.25) is 4.79 Å². The fraction of sp³-hybridized carbons (Fsp3) is 0.286. The first kappa shape index (κ1) is 13.9. The molecular formula is C14H17N3O3. The molecule has 2 N–H and O–H groups in total. The number of nitrogens with two attached hydrogens (primary N) is 1. The lowest BCUT2D eigenvalue weighted by Gasteiger charge is -2.16. The molecule has 0 unspecified atom stereocenters. The van der Waals surface area contributed by atoms with E-state index in [1.807, 2.05) is 6.92 Å². The van der Waals surface area contributed by atoms with Crippen LogP contribution in [0.1, 0.15) is 21.8 Å². The SMILES string of the molecule is COc1ccc(C(=O)N(C)Cc2cc(C)on2)cc1N. The summed E-state index contributed by atoms with van der Waals surface area (Å²) in [6, 6.07) is 6.76. The minimum absolute atomic E-state index is 0.139. The lowest BCUT2D eigenvalue weighted by atomic mass is 10.1. The molecular weight excluding hydrogens is 258 g/mol. The molecule has 0 atom stereocenters. The first-order valence-corrected chi connectivity index (χ1v) is 6.12. The third-order valence-electron chi connectivity index (χ3n) is 2.90. The predicted octanol–water partition coefficient (Wildman–Crippen LogP) is 1.85. The molecule has 2 aromatic rings. The van der Waals surface area contributed by atoms with Gasteiger partial charge in [-0.2, -0.15) is 0 Å². The zero-order valence-electron chi connectivity index (χ0n) is 11.7. The molecule has 6 nitrogen and oxygen atoms in total. The Hall–Kier alpha value is -2.50. The molecule has 0 saturated heterocycles. The van der Waals surface area contributed by atoms with E-state index in [1.165, 1.54) is 7.11 Å². The van der Waals surface area contributed by atoms with Gasteiger partial charge in [-0.15, -0.1) is 0 Å². The number of aromatic nitrogens is 1. The first-order valence-electron chi connectivity index (χ1n) is 6.12. The van der Waals surface area contributed by atoms with E-state index in [-0.39, 0.29) is 5.91 Å². The Morgan fingerprint density at radius 1 is 1.45 bits per heavy atom. The molecule has 6 heteroatoms. The third-order valence-corrected chi connectivity index (χ3v) is 2.90. The summed E-state index contributed by atoms with van der Waals surface area (Å²) >= 11 is 0. The van der Waals surface area contributed by atoms with Crippen LogP contribution in [0.2, 0.25) is 0 Å². The van der Waals surface area contributed by atoms with Crippen molar-refractivity contribution in [2.75, 3.05) is 19.9 Å². The van der Waals surface area contributed by atoms with Gasteiger partial charge in [0, 0.05) is 18.7 Å². The smallest absolute Gasteiger partial charge is 0.254 e. The quantitative estimate of drug-likeness (QED) is 0.861. The van der Waals surface area contributed by atoms with Crippen molar-refractivity contribution in [1.29, 1.82) is 0 Å². The number of benzene rings is 1. The number of nitrogens with zero attached hydrogens (tertiary/aromatic N) is 2. The summed E-state index contributed by atoms with van der Waals surface area (Å²) in [4.78, 5) is 13.8. The minimum atomic E-state index is -0.139. The molecule has 0 fully saturated rings. The largest absolute Gasteiger partial charge is 0.495 e. The van der Waals surface area contributed by atoms with Gasteiger partial charge in [-0.25, -0.2) is 0 Å². The van der Waals surface area contributed by atoms with Crippen LogP contribution in [0.4, 0.5) is 5.69 Å². The highest BCUT2D eigenvalue weighted by Gasteiger charge is 2.15. The van der Waals surface area contributed by atoms with E-state index in [0.29, 0.717) is 29.2 Å². The Kier molecular flexibility index (Phi) is 3.93. The number of amides is 1. The highest BCUT2D eigenvalue weighted by atomic mass is 16.5. The van der Waals surface area contributed by atoms with Crippen molar-refractivity contribution in [1.82, 2.24) is 10.1 Å². The van der Waals surface area contributed by atoms with Gasteiger partial charge < -0.3 is 19.9 Å². The maximum absolute atomic E-state index is 12.3. The molecule has 1 heterocycles. The van der Waals surface area contributed by atoms with Crippen LogP contribution in [-0.4, -0.2) is 30.1 Å². The normalized spacial score (nSPS) is 10.3. The maximum Gasteiger partial charge on any atom is 0.254 e. The fourth-order valence-corrected chi connectivity index (χ4v) is 1.90. The van der Waals surface area contributed by atoms with Gasteiger partial charge in [-0.05, 0) is 25.1 Å². The van der Waals surface area contributed by atoms with Gasteiger partial charge in [0.05, 0.1) is 19.3 Å². The second-order valence-corrected chi connectivity index (χ2v) is 4.55. The van der Waals surface area contributed by atoms with Crippen molar-refractivity contribution in [2.45, 2.75) is 13.5 Å². The second-order valence-electron chi connectivity index (χ2n) is 4.55. The van der Waals surface area contributed by atoms with Crippen molar-refractivity contribution in [3.05, 3.63) is 41.3 Å². The van der Waals surface area contributed by atoms with Gasteiger partial charge in [0.25, 0.3) is 5.91 Å². The molecule has 1 amide bonds. The average molecular weight is 275 g/mol. The molecule has 1 aromatic carbocycles. The fourth-order valence-electron chi connectivity index (χ4n) is 1.90. The van der Waals surface area contributed by atoms with Crippen LogP contribution in [0.25, 0.3) is 0 Å². The Morgan fingerprint density at radius 2 is 2.20 bits per heavy atom. The number of ether oxygens (including phenoxy) is 1. The van der Waals surface area contributed by atoms with Crippen LogP contribution < -0.4 is 10.5 Å². The molecule has 20 heavy (non-hydrogen) atoms. The van der Waals surface area contributed by atoms with E-state index in [1.54, 1.807) is 36.2 Å². The van der Waals surface area contributed by atoms with Crippen molar-refractivity contribution < 1.29 is 14.1 Å². The van der Waals surface area contributed by atoms with Crippen LogP contribution >= 0.6 is 0 Å². The Bertz CT molecular complexity index is 622. The van der Waals surface area contributed by atoms with Crippen LogP contribution in [0.5, 0.6) is 5.75 Å². The van der Waals surface area contributed by atoms with Crippen LogP contribution in [0.15, 0.2) is 28.8 Å². The number of hydrogen-bond acceptors (Lipinski definition) is 5. The zero-order chi connectivity index (χ0) is 14.7. The van der Waals surface area contributed by atoms with Crippen LogP contribution in [-0.2, 0) is 6.54 Å². The summed E-state index contributed by atoms with van der Waals surface area (Å²) in [7, 11) is 3.24. The number of anilines is 1. The summed E-state index contributed by atoms with van der Waals surface area (Å²) < 4.78 is 10.0. The van der Waals surface area contributed by atoms with Gasteiger partial charge >= 0.3 is 0 Å². The Balaban J connectivity index is 2.12. The summed E-state index contributed by atoms with van der Waals surface area (Å²) in [5.74, 6) is 1.13. The molecule has 0 aliphatic rings. The van der Waals surface area contributed by atoms with E-state index in [0.717, 1.165) is 5.76 Å². The number of rotatable bonds is 4. The van der Waals surface area contributed by atoms with E-state index < -0.39 is 0 Å². The molecule has 2 rings (SSSR count). The standard InChI is InChI=1S/C14H17N3O3/c1-9-6-11(16-20-9)8-17(2)14(18)10-4-5-13(19-3)12(15)7-10/h4-7H,8,15H2,1-3H3. The predicted molar refractivity (Wildman–Crippen MR) is 74.4 cm³/mol. The second kappa shape index (κ2) is 5.64. The number of hydrogen-bond donors (Lipinski definition) is 1. The number of carbonyl (C=O) groups is 1. The highest BCUT2D eigenvalue weighted by Crippen LogP contribution is 2.22. The van der Waals surface area contributed by atoms with E-state index in [2.05, 4.69) is 5.16 Å². The lowest BCUT2D eigenvalue weighted by Crippen LogP contribution is -2.26. The molecule has 0 spiro atoms. The Labute approximate surface area is 117 Å². The van der Waals surface area contributed by atoms with E-state index in [4.69, 9.17) is 15.0 Å². The maximum atomic E-state index is 12.3. The Morgan fingerprint density at radius 3 is 2.75 bits per heavy atom. The van der Waals surface area contributed by atoms with Gasteiger partial charge in [0.2, 0.25) is 0 Å². The number of nitrogen functional groups attached to an aromatic ring is 1.